The van der Waals surface area contributed by atoms with E-state index in [0.29, 0.717) is 5.78 Å². The number of para-hydroxylation sites is 1. The molecular formula is C28H21N2O2+. The molecule has 32 heavy (non-hydrogen) atoms. The number of rotatable bonds is 1. The van der Waals surface area contributed by atoms with Crippen LogP contribution in [0, 0.1) is 13.8 Å². The Hall–Kier alpha value is -4.05. The van der Waals surface area contributed by atoms with Gasteiger partial charge in [-0.3, -0.25) is 0 Å². The Balaban J connectivity index is 1.57. The summed E-state index contributed by atoms with van der Waals surface area (Å²) in [7, 11) is 2.14. The molecule has 3 heterocycles. The lowest BCUT2D eigenvalue weighted by atomic mass is 10.0. The molecular weight excluding hydrogens is 396 g/mol. The number of fused-ring (bicyclic) bond motifs is 6. The van der Waals surface area contributed by atoms with Gasteiger partial charge >= 0.3 is 0 Å². The summed E-state index contributed by atoms with van der Waals surface area (Å²) in [5.41, 5.74) is 5.78. The third-order valence-corrected chi connectivity index (χ3v) is 6.88. The van der Waals surface area contributed by atoms with E-state index >= 15 is 0 Å². The van der Waals surface area contributed by atoms with Crippen molar-refractivity contribution in [2.75, 3.05) is 0 Å². The molecule has 0 radical (unpaired) electrons. The summed E-state index contributed by atoms with van der Waals surface area (Å²) in [5.74, 6) is 1.79. The first-order chi connectivity index (χ1) is 15.6. The second-order valence-electron chi connectivity index (χ2n) is 8.69. The molecule has 0 saturated heterocycles. The van der Waals surface area contributed by atoms with Crippen LogP contribution in [-0.4, -0.2) is 4.57 Å². The Morgan fingerprint density at radius 1 is 0.781 bits per heavy atom. The van der Waals surface area contributed by atoms with Crippen molar-refractivity contribution in [3.63, 3.8) is 0 Å². The molecule has 0 unspecified atom stereocenters. The van der Waals surface area contributed by atoms with E-state index in [2.05, 4.69) is 90.7 Å². The summed E-state index contributed by atoms with van der Waals surface area (Å²) < 4.78 is 16.0. The molecule has 0 aliphatic rings. The Morgan fingerprint density at radius 3 is 2.38 bits per heavy atom. The quantitative estimate of drug-likeness (QED) is 0.216. The minimum Gasteiger partial charge on any atom is -0.433 e. The van der Waals surface area contributed by atoms with E-state index in [4.69, 9.17) is 8.83 Å². The van der Waals surface area contributed by atoms with Crippen LogP contribution < -0.4 is 4.57 Å². The normalized spacial score (nSPS) is 12.2. The monoisotopic (exact) mass is 417 g/mol. The van der Waals surface area contributed by atoms with Crippen molar-refractivity contribution in [1.82, 2.24) is 4.57 Å². The van der Waals surface area contributed by atoms with E-state index in [-0.39, 0.29) is 0 Å². The topological polar surface area (TPSA) is 35.1 Å². The molecule has 154 valence electrons. The van der Waals surface area contributed by atoms with E-state index in [1.807, 2.05) is 6.07 Å². The summed E-state index contributed by atoms with van der Waals surface area (Å²) in [6.45, 7) is 4.35. The number of aromatic nitrogens is 2. The second-order valence-corrected chi connectivity index (χ2v) is 8.69. The minimum absolute atomic E-state index is 0.584. The van der Waals surface area contributed by atoms with Crippen molar-refractivity contribution in [1.29, 1.82) is 0 Å². The van der Waals surface area contributed by atoms with Gasteiger partial charge in [-0.15, -0.1) is 0 Å². The van der Waals surface area contributed by atoms with Gasteiger partial charge in [0.25, 0.3) is 11.6 Å². The zero-order valence-corrected chi connectivity index (χ0v) is 18.1. The largest absolute Gasteiger partial charge is 0.433 e. The first kappa shape index (κ1) is 17.6. The Bertz CT molecular complexity index is 1860. The second kappa shape index (κ2) is 6.01. The maximum atomic E-state index is 5.91. The van der Waals surface area contributed by atoms with E-state index < -0.39 is 0 Å². The average molecular weight is 417 g/mol. The molecule has 4 heteroatoms. The zero-order chi connectivity index (χ0) is 21.6. The van der Waals surface area contributed by atoms with E-state index in [1.165, 1.54) is 49.7 Å². The van der Waals surface area contributed by atoms with Gasteiger partial charge in [0.15, 0.2) is 11.0 Å². The molecule has 0 aliphatic carbocycles. The summed E-state index contributed by atoms with van der Waals surface area (Å²) >= 11 is 0. The molecule has 0 atom stereocenters. The smallest absolute Gasteiger partial charge is 0.298 e. The van der Waals surface area contributed by atoms with Gasteiger partial charge in [-0.1, -0.05) is 18.2 Å². The lowest BCUT2D eigenvalue weighted by molar-refractivity contribution is -0.652. The van der Waals surface area contributed by atoms with Gasteiger partial charge in [0.1, 0.15) is 11.3 Å². The molecule has 0 bridgehead atoms. The molecule has 0 N–H and O–H groups in total. The van der Waals surface area contributed by atoms with Gasteiger partial charge < -0.3 is 8.83 Å². The predicted octanol–water partition coefficient (Wildman–Crippen LogP) is 6.87. The van der Waals surface area contributed by atoms with Crippen molar-refractivity contribution in [2.24, 2.45) is 7.05 Å². The van der Waals surface area contributed by atoms with Crippen molar-refractivity contribution in [3.8, 4) is 5.69 Å². The van der Waals surface area contributed by atoms with Crippen LogP contribution >= 0.6 is 0 Å². The number of aryl methyl sites for hydroxylation is 2. The molecule has 7 rings (SSSR count). The highest BCUT2D eigenvalue weighted by Crippen LogP contribution is 2.35. The maximum Gasteiger partial charge on any atom is 0.298 e. The number of hydrogen-bond acceptors (Lipinski definition) is 2. The average Bonchev–Trinajstić information content (AvgIpc) is 3.44. The summed E-state index contributed by atoms with van der Waals surface area (Å²) in [6, 6.07) is 24.0. The standard InChI is InChI=1S/C28H21N2O2/c1-16-6-4-5-7-24(16)30-17(2)29(3)25-13-19-11-21-15-27-23(22-8-9-31-28(22)32-27)12-18(21)10-20(19)14-26(25)30/h4-15H,1-3H3/q+1. The van der Waals surface area contributed by atoms with Crippen LogP contribution in [0.15, 0.2) is 81.8 Å². The Kier molecular flexibility index (Phi) is 3.31. The fraction of sp³-hybridized carbons (Fsp3) is 0.107. The van der Waals surface area contributed by atoms with Gasteiger partial charge in [0.2, 0.25) is 0 Å². The van der Waals surface area contributed by atoms with Gasteiger partial charge in [0.05, 0.1) is 18.7 Å². The van der Waals surface area contributed by atoms with E-state index in [9.17, 15) is 0 Å². The molecule has 4 nitrogen and oxygen atoms in total. The van der Waals surface area contributed by atoms with Gasteiger partial charge in [0, 0.05) is 12.3 Å². The molecule has 7 aromatic rings. The third-order valence-electron chi connectivity index (χ3n) is 6.88. The van der Waals surface area contributed by atoms with Crippen molar-refractivity contribution in [2.45, 2.75) is 13.8 Å². The van der Waals surface area contributed by atoms with Gasteiger partial charge in [-0.25, -0.2) is 4.57 Å². The highest BCUT2D eigenvalue weighted by molar-refractivity contribution is 6.12. The predicted molar refractivity (Wildman–Crippen MR) is 128 cm³/mol. The van der Waals surface area contributed by atoms with Crippen LogP contribution in [0.4, 0.5) is 0 Å². The lowest BCUT2D eigenvalue weighted by Gasteiger charge is -2.05. The minimum atomic E-state index is 0.584. The van der Waals surface area contributed by atoms with Crippen molar-refractivity contribution >= 4 is 54.7 Å². The molecule has 0 spiro atoms. The molecule has 0 aliphatic heterocycles. The molecule has 4 aromatic carbocycles. The molecule has 0 amide bonds. The fourth-order valence-electron chi connectivity index (χ4n) is 5.09. The summed E-state index contributed by atoms with van der Waals surface area (Å²) in [6.07, 6.45) is 1.68. The number of imidazole rings is 1. The summed E-state index contributed by atoms with van der Waals surface area (Å²) in [5, 5.41) is 6.92. The van der Waals surface area contributed by atoms with Crippen LogP contribution in [0.1, 0.15) is 11.4 Å². The first-order valence-corrected chi connectivity index (χ1v) is 10.8. The van der Waals surface area contributed by atoms with Crippen LogP contribution in [-0.2, 0) is 7.05 Å². The highest BCUT2D eigenvalue weighted by Gasteiger charge is 2.23. The number of nitrogens with zero attached hydrogens (tertiary/aromatic N) is 2. The number of benzene rings is 4. The molecule has 3 aromatic heterocycles. The molecule has 0 saturated carbocycles. The lowest BCUT2D eigenvalue weighted by Crippen LogP contribution is -2.30. The zero-order valence-electron chi connectivity index (χ0n) is 18.1. The first-order valence-electron chi connectivity index (χ1n) is 10.8. The van der Waals surface area contributed by atoms with Crippen molar-refractivity contribution in [3.05, 3.63) is 84.4 Å². The van der Waals surface area contributed by atoms with Crippen LogP contribution in [0.2, 0.25) is 0 Å². The van der Waals surface area contributed by atoms with Gasteiger partial charge in [-0.05, 0) is 82.6 Å². The Labute approximate surface area is 183 Å². The highest BCUT2D eigenvalue weighted by atomic mass is 16.5. The fourth-order valence-corrected chi connectivity index (χ4v) is 5.09. The third kappa shape index (κ3) is 2.24. The van der Waals surface area contributed by atoms with E-state index in [1.54, 1.807) is 6.26 Å². The Morgan fingerprint density at radius 2 is 1.53 bits per heavy atom. The van der Waals surface area contributed by atoms with Crippen LogP contribution in [0.25, 0.3) is 60.4 Å². The SMILES string of the molecule is Cc1ccccc1-n1c(C)[n+](C)c2cc3cc4cc5oc6occc6c5cc4cc3cc21. The molecule has 0 fully saturated rings. The van der Waals surface area contributed by atoms with Crippen molar-refractivity contribution < 1.29 is 13.4 Å². The maximum absolute atomic E-state index is 5.91. The van der Waals surface area contributed by atoms with E-state index in [0.717, 1.165) is 16.4 Å². The number of furan rings is 2. The van der Waals surface area contributed by atoms with Crippen LogP contribution in [0.3, 0.4) is 0 Å². The number of hydrogen-bond donors (Lipinski definition) is 0. The summed E-state index contributed by atoms with van der Waals surface area (Å²) in [4.78, 5) is 0. The van der Waals surface area contributed by atoms with Gasteiger partial charge in [-0.2, -0.15) is 4.57 Å². The van der Waals surface area contributed by atoms with Crippen LogP contribution in [0.5, 0.6) is 0 Å².